The minimum absolute atomic E-state index is 0.0806. The summed E-state index contributed by atoms with van der Waals surface area (Å²) in [4.78, 5) is 32.7. The van der Waals surface area contributed by atoms with Gasteiger partial charge in [-0.25, -0.2) is 4.79 Å². The van der Waals surface area contributed by atoms with Crippen LogP contribution in [0.5, 0.6) is 11.5 Å². The van der Waals surface area contributed by atoms with Crippen LogP contribution in [0.4, 0.5) is 0 Å². The highest BCUT2D eigenvalue weighted by Gasteiger charge is 2.22. The van der Waals surface area contributed by atoms with Crippen LogP contribution in [-0.2, 0) is 14.4 Å². The lowest BCUT2D eigenvalue weighted by molar-refractivity contribution is -0.139. The Morgan fingerprint density at radius 2 is 1.91 bits per heavy atom. The second kappa shape index (κ2) is 13.6. The molecule has 190 valence electrons. The zero-order chi connectivity index (χ0) is 25.0. The van der Waals surface area contributed by atoms with E-state index in [2.05, 4.69) is 5.48 Å². The number of piperidine rings is 1. The topological polar surface area (TPSA) is 134 Å². The summed E-state index contributed by atoms with van der Waals surface area (Å²) in [7, 11) is 0. The fourth-order valence-corrected chi connectivity index (χ4v) is 4.05. The van der Waals surface area contributed by atoms with E-state index in [-0.39, 0.29) is 29.4 Å². The number of allylic oxidation sites excluding steroid dienone is 3. The summed E-state index contributed by atoms with van der Waals surface area (Å²) in [6.45, 7) is 1.67. The van der Waals surface area contributed by atoms with Crippen molar-refractivity contribution in [2.24, 2.45) is 5.73 Å². The number of nitrogens with one attached hydrogen (secondary N) is 1. The highest BCUT2D eigenvalue weighted by atomic mass is 16.6. The average molecular weight is 486 g/mol. The first kappa shape index (κ1) is 26.3. The molecule has 0 bridgehead atoms. The molecule has 2 aliphatic rings. The number of phenols is 2. The van der Waals surface area contributed by atoms with Gasteiger partial charge in [0.05, 0.1) is 5.70 Å². The van der Waals surface area contributed by atoms with Gasteiger partial charge in [-0.2, -0.15) is 0 Å². The van der Waals surface area contributed by atoms with Gasteiger partial charge >= 0.3 is 5.97 Å². The maximum absolute atomic E-state index is 13.0. The van der Waals surface area contributed by atoms with E-state index in [1.54, 1.807) is 17.1 Å². The second-order valence-corrected chi connectivity index (χ2v) is 8.65. The van der Waals surface area contributed by atoms with Gasteiger partial charge in [0.1, 0.15) is 23.2 Å². The Balaban J connectivity index is 1.84. The number of benzene rings is 1. The molecule has 0 aliphatic carbocycles. The number of amides is 1. The predicted octanol–water partition coefficient (Wildman–Crippen LogP) is 3.14. The van der Waals surface area contributed by atoms with Gasteiger partial charge in [-0.3, -0.25) is 15.1 Å². The molecule has 1 aromatic carbocycles. The molecule has 1 fully saturated rings. The van der Waals surface area contributed by atoms with Crippen LogP contribution in [0.15, 0.2) is 42.1 Å². The van der Waals surface area contributed by atoms with Gasteiger partial charge in [0.25, 0.3) is 5.91 Å². The quantitative estimate of drug-likeness (QED) is 0.274. The molecule has 1 aromatic rings. The monoisotopic (exact) mass is 485 g/mol. The number of hydroxylamine groups is 1. The number of aromatic hydroxyl groups is 2. The minimum Gasteiger partial charge on any atom is -0.508 e. The first-order valence-corrected chi connectivity index (χ1v) is 12.1. The largest absolute Gasteiger partial charge is 0.508 e. The number of likely N-dealkylation sites (tertiary alicyclic amines) is 1. The SMILES string of the molecule is NCCC1CC=CCC/C=C/C(NOCC(=O)N2CCCCC2)=C/c2cc(O)cc(O)c2C(=O)O1. The van der Waals surface area contributed by atoms with Gasteiger partial charge in [0.2, 0.25) is 0 Å². The van der Waals surface area contributed by atoms with Crippen molar-refractivity contribution in [1.82, 2.24) is 10.4 Å². The Labute approximate surface area is 205 Å². The van der Waals surface area contributed by atoms with Crippen molar-refractivity contribution >= 4 is 18.0 Å². The summed E-state index contributed by atoms with van der Waals surface area (Å²) >= 11 is 0. The van der Waals surface area contributed by atoms with Crippen molar-refractivity contribution in [3.8, 4) is 11.5 Å². The van der Waals surface area contributed by atoms with Crippen molar-refractivity contribution in [2.45, 2.75) is 51.0 Å². The maximum Gasteiger partial charge on any atom is 0.342 e. The van der Waals surface area contributed by atoms with E-state index in [1.807, 2.05) is 18.2 Å². The Morgan fingerprint density at radius 1 is 1.14 bits per heavy atom. The van der Waals surface area contributed by atoms with Crippen LogP contribution in [0.2, 0.25) is 0 Å². The molecule has 0 saturated carbocycles. The molecule has 2 heterocycles. The number of rotatable bonds is 6. The van der Waals surface area contributed by atoms with Crippen LogP contribution < -0.4 is 11.2 Å². The molecule has 9 nitrogen and oxygen atoms in total. The van der Waals surface area contributed by atoms with Crippen LogP contribution in [0.25, 0.3) is 6.08 Å². The van der Waals surface area contributed by atoms with Gasteiger partial charge < -0.3 is 25.6 Å². The molecule has 1 atom stereocenters. The van der Waals surface area contributed by atoms with E-state index in [4.69, 9.17) is 15.3 Å². The van der Waals surface area contributed by atoms with Gasteiger partial charge in [-0.15, -0.1) is 0 Å². The van der Waals surface area contributed by atoms with Crippen LogP contribution in [0, 0.1) is 0 Å². The molecular weight excluding hydrogens is 450 g/mol. The number of hydrogen-bond donors (Lipinski definition) is 4. The zero-order valence-corrected chi connectivity index (χ0v) is 19.9. The molecule has 3 rings (SSSR count). The lowest BCUT2D eigenvalue weighted by Crippen LogP contribution is -2.39. The Bertz CT molecular complexity index is 966. The number of fused-ring (bicyclic) bond motifs is 1. The standard InChI is InChI=1S/C26H35N3O6/c27-12-11-22-10-6-3-1-2-5-9-20(28-34-18-24(32)29-13-7-4-8-14-29)15-19-16-21(30)17-23(31)25(19)26(33)35-22/h3,5-6,9,15-17,22,28,30-31H,1-2,4,7-8,10-14,18,27H2/b6-3?,9-5+,20-15-. The first-order valence-electron chi connectivity index (χ1n) is 12.1. The van der Waals surface area contributed by atoms with Crippen molar-refractivity contribution in [3.05, 3.63) is 53.3 Å². The molecule has 0 radical (unpaired) electrons. The number of esters is 1. The first-order chi connectivity index (χ1) is 17.0. The number of nitrogens with zero attached hydrogens (tertiary/aromatic N) is 1. The van der Waals surface area contributed by atoms with E-state index in [0.717, 1.165) is 51.3 Å². The summed E-state index contributed by atoms with van der Waals surface area (Å²) in [6, 6.07) is 2.44. The Kier molecular flexibility index (Phi) is 10.2. The molecule has 1 amide bonds. The zero-order valence-electron chi connectivity index (χ0n) is 19.9. The molecule has 1 unspecified atom stereocenters. The highest BCUT2D eigenvalue weighted by molar-refractivity contribution is 5.97. The normalized spacial score (nSPS) is 21.7. The average Bonchev–Trinajstić information content (AvgIpc) is 2.82. The third kappa shape index (κ3) is 8.15. The van der Waals surface area contributed by atoms with Crippen molar-refractivity contribution in [3.63, 3.8) is 0 Å². The fourth-order valence-electron chi connectivity index (χ4n) is 4.05. The van der Waals surface area contributed by atoms with Crippen molar-refractivity contribution in [1.29, 1.82) is 0 Å². The summed E-state index contributed by atoms with van der Waals surface area (Å²) in [5, 5.41) is 20.5. The summed E-state index contributed by atoms with van der Waals surface area (Å²) in [5.74, 6) is -1.43. The lowest BCUT2D eigenvalue weighted by Gasteiger charge is -2.26. The van der Waals surface area contributed by atoms with Crippen molar-refractivity contribution in [2.75, 3.05) is 26.2 Å². The third-order valence-corrected chi connectivity index (χ3v) is 5.87. The summed E-state index contributed by atoms with van der Waals surface area (Å²) in [6.07, 6.45) is 14.4. The maximum atomic E-state index is 13.0. The smallest absolute Gasteiger partial charge is 0.342 e. The number of cyclic esters (lactones) is 1. The molecule has 35 heavy (non-hydrogen) atoms. The molecule has 2 aliphatic heterocycles. The number of carbonyl (C=O) groups is 2. The fraction of sp³-hybridized carbons (Fsp3) is 0.462. The Hall–Kier alpha value is -3.30. The highest BCUT2D eigenvalue weighted by Crippen LogP contribution is 2.30. The van der Waals surface area contributed by atoms with Crippen LogP contribution in [0.3, 0.4) is 0 Å². The van der Waals surface area contributed by atoms with E-state index in [1.165, 1.54) is 6.07 Å². The number of nitrogens with two attached hydrogens (primary N) is 1. The summed E-state index contributed by atoms with van der Waals surface area (Å²) < 4.78 is 5.64. The third-order valence-electron chi connectivity index (χ3n) is 5.87. The second-order valence-electron chi connectivity index (χ2n) is 8.65. The van der Waals surface area contributed by atoms with Crippen LogP contribution >= 0.6 is 0 Å². The van der Waals surface area contributed by atoms with Crippen LogP contribution in [0.1, 0.15) is 60.9 Å². The van der Waals surface area contributed by atoms with E-state index >= 15 is 0 Å². The molecule has 0 spiro atoms. The molecule has 0 aromatic heterocycles. The molecule has 5 N–H and O–H groups in total. The van der Waals surface area contributed by atoms with Gasteiger partial charge in [0.15, 0.2) is 6.61 Å². The minimum atomic E-state index is -0.720. The van der Waals surface area contributed by atoms with E-state index < -0.39 is 17.8 Å². The number of phenolic OH excluding ortho intramolecular Hbond substituents is 2. The van der Waals surface area contributed by atoms with Gasteiger partial charge in [-0.1, -0.05) is 18.2 Å². The Morgan fingerprint density at radius 3 is 2.69 bits per heavy atom. The van der Waals surface area contributed by atoms with Crippen molar-refractivity contribution < 1.29 is 29.4 Å². The van der Waals surface area contributed by atoms with E-state index in [0.29, 0.717) is 25.1 Å². The summed E-state index contributed by atoms with van der Waals surface area (Å²) in [5.41, 5.74) is 9.05. The van der Waals surface area contributed by atoms with Gasteiger partial charge in [-0.05, 0) is 68.9 Å². The predicted molar refractivity (Wildman–Crippen MR) is 132 cm³/mol. The molecule has 9 heteroatoms. The lowest BCUT2D eigenvalue weighted by atomic mass is 10.0. The van der Waals surface area contributed by atoms with Gasteiger partial charge in [0, 0.05) is 25.6 Å². The van der Waals surface area contributed by atoms with E-state index in [9.17, 15) is 19.8 Å². The van der Waals surface area contributed by atoms with Crippen LogP contribution in [-0.4, -0.2) is 59.3 Å². The number of ether oxygens (including phenoxy) is 1. The number of carbonyl (C=O) groups excluding carboxylic acids is 2. The molecular formula is C26H35N3O6. The number of hydrogen-bond acceptors (Lipinski definition) is 8. The molecule has 1 saturated heterocycles.